The van der Waals surface area contributed by atoms with E-state index in [2.05, 4.69) is 46.4 Å². The molecule has 0 bridgehead atoms. The van der Waals surface area contributed by atoms with E-state index in [-0.39, 0.29) is 6.04 Å². The van der Waals surface area contributed by atoms with Crippen LogP contribution in [0.3, 0.4) is 0 Å². The van der Waals surface area contributed by atoms with E-state index in [4.69, 9.17) is 0 Å². The average Bonchev–Trinajstić information content (AvgIpc) is 2.78. The Morgan fingerprint density at radius 3 is 2.71 bits per heavy atom. The van der Waals surface area contributed by atoms with Crippen LogP contribution < -0.4 is 5.32 Å². The molecule has 1 N–H and O–H groups in total. The maximum Gasteiger partial charge on any atom is 0.137 e. The predicted molar refractivity (Wildman–Crippen MR) is 84.3 cm³/mol. The molecule has 2 aromatic heterocycles. The highest BCUT2D eigenvalue weighted by atomic mass is 15.3. The van der Waals surface area contributed by atoms with Crippen molar-refractivity contribution in [3.63, 3.8) is 0 Å². The van der Waals surface area contributed by atoms with Crippen LogP contribution in [0.25, 0.3) is 10.9 Å². The van der Waals surface area contributed by atoms with Crippen molar-refractivity contribution in [2.45, 2.75) is 26.8 Å². The van der Waals surface area contributed by atoms with Gasteiger partial charge in [0.2, 0.25) is 0 Å². The van der Waals surface area contributed by atoms with Gasteiger partial charge in [0.05, 0.1) is 17.3 Å². The van der Waals surface area contributed by atoms with Gasteiger partial charge in [-0.3, -0.25) is 4.68 Å². The van der Waals surface area contributed by atoms with Gasteiger partial charge in [0.25, 0.3) is 0 Å². The minimum atomic E-state index is 0.136. The number of hydrogen-bond acceptors (Lipinski definition) is 4. The van der Waals surface area contributed by atoms with E-state index in [0.717, 1.165) is 22.4 Å². The molecule has 0 aliphatic rings. The number of fused-ring (bicyclic) bond motifs is 1. The smallest absolute Gasteiger partial charge is 0.137 e. The van der Waals surface area contributed by atoms with Crippen molar-refractivity contribution in [1.82, 2.24) is 19.7 Å². The molecular weight excluding hydrogens is 262 g/mol. The van der Waals surface area contributed by atoms with E-state index in [9.17, 15) is 0 Å². The lowest BCUT2D eigenvalue weighted by Gasteiger charge is -2.15. The second-order valence-electron chi connectivity index (χ2n) is 5.45. The number of hydrogen-bond donors (Lipinski definition) is 1. The summed E-state index contributed by atoms with van der Waals surface area (Å²) in [5, 5.41) is 8.92. The Morgan fingerprint density at radius 1 is 1.19 bits per heavy atom. The summed E-state index contributed by atoms with van der Waals surface area (Å²) >= 11 is 0. The Kier molecular flexibility index (Phi) is 3.33. The van der Waals surface area contributed by atoms with Gasteiger partial charge in [-0.25, -0.2) is 9.97 Å². The molecule has 0 spiro atoms. The van der Waals surface area contributed by atoms with E-state index in [1.165, 1.54) is 11.1 Å². The molecule has 0 aliphatic carbocycles. The number of aromatic nitrogens is 4. The Bertz CT molecular complexity index is 790. The van der Waals surface area contributed by atoms with Gasteiger partial charge in [0.15, 0.2) is 0 Å². The average molecular weight is 281 g/mol. The molecule has 1 atom stereocenters. The van der Waals surface area contributed by atoms with Gasteiger partial charge >= 0.3 is 0 Å². The lowest BCUT2D eigenvalue weighted by Crippen LogP contribution is -2.09. The number of benzene rings is 1. The van der Waals surface area contributed by atoms with Gasteiger partial charge in [-0.05, 0) is 32.9 Å². The summed E-state index contributed by atoms with van der Waals surface area (Å²) < 4.78 is 1.84. The van der Waals surface area contributed by atoms with Crippen LogP contribution in [0.15, 0.2) is 30.7 Å². The summed E-state index contributed by atoms with van der Waals surface area (Å²) in [4.78, 5) is 8.72. The first-order valence-corrected chi connectivity index (χ1v) is 7.02. The van der Waals surface area contributed by atoms with Gasteiger partial charge in [0.1, 0.15) is 12.1 Å². The Labute approximate surface area is 124 Å². The number of nitrogens with zero attached hydrogens (tertiary/aromatic N) is 4. The van der Waals surface area contributed by atoms with Crippen molar-refractivity contribution in [3.8, 4) is 0 Å². The summed E-state index contributed by atoms with van der Waals surface area (Å²) in [5.41, 5.74) is 4.36. The molecule has 0 aliphatic heterocycles. The summed E-state index contributed by atoms with van der Waals surface area (Å²) in [6, 6.07) is 6.34. The Balaban J connectivity index is 1.98. The standard InChI is InChI=1S/C16H19N5/c1-10-5-6-15-13(7-10)16(18-9-17-15)19-11(2)14-8-21(4)20-12(14)3/h5-9,11H,1-4H3,(H,17,18,19). The van der Waals surface area contributed by atoms with E-state index in [1.54, 1.807) is 6.33 Å². The fourth-order valence-electron chi connectivity index (χ4n) is 2.61. The lowest BCUT2D eigenvalue weighted by molar-refractivity contribution is 0.756. The molecule has 108 valence electrons. The van der Waals surface area contributed by atoms with Crippen LogP contribution in [0, 0.1) is 13.8 Å². The minimum Gasteiger partial charge on any atom is -0.363 e. The molecule has 5 nitrogen and oxygen atoms in total. The van der Waals surface area contributed by atoms with Crippen LogP contribution in [-0.2, 0) is 7.05 Å². The van der Waals surface area contributed by atoms with Gasteiger partial charge in [-0.2, -0.15) is 5.10 Å². The number of nitrogens with one attached hydrogen (secondary N) is 1. The van der Waals surface area contributed by atoms with Crippen LogP contribution in [-0.4, -0.2) is 19.7 Å². The molecule has 0 radical (unpaired) electrons. The third-order valence-corrected chi connectivity index (χ3v) is 3.66. The molecule has 0 fully saturated rings. The zero-order valence-electron chi connectivity index (χ0n) is 12.8. The molecule has 0 amide bonds. The maximum absolute atomic E-state index is 4.40. The summed E-state index contributed by atoms with van der Waals surface area (Å²) in [6.07, 6.45) is 3.64. The molecule has 1 unspecified atom stereocenters. The van der Waals surface area contributed by atoms with Crippen molar-refractivity contribution in [2.24, 2.45) is 7.05 Å². The highest BCUT2D eigenvalue weighted by Gasteiger charge is 2.13. The zero-order valence-corrected chi connectivity index (χ0v) is 12.8. The predicted octanol–water partition coefficient (Wildman–Crippen LogP) is 3.15. The van der Waals surface area contributed by atoms with Crippen LogP contribution >= 0.6 is 0 Å². The Morgan fingerprint density at radius 2 is 2.00 bits per heavy atom. The highest BCUT2D eigenvalue weighted by Crippen LogP contribution is 2.25. The third kappa shape index (κ3) is 2.59. The molecule has 1 aromatic carbocycles. The summed E-state index contributed by atoms with van der Waals surface area (Å²) in [7, 11) is 1.94. The van der Waals surface area contributed by atoms with Gasteiger partial charge in [-0.1, -0.05) is 11.6 Å². The molecule has 3 rings (SSSR count). The highest BCUT2D eigenvalue weighted by molar-refractivity contribution is 5.89. The van der Waals surface area contributed by atoms with E-state index in [0.29, 0.717) is 0 Å². The molecule has 0 saturated carbocycles. The lowest BCUT2D eigenvalue weighted by atomic mass is 10.1. The zero-order chi connectivity index (χ0) is 15.0. The second kappa shape index (κ2) is 5.16. The van der Waals surface area contributed by atoms with Crippen LogP contribution in [0.2, 0.25) is 0 Å². The number of aryl methyl sites for hydroxylation is 3. The topological polar surface area (TPSA) is 55.6 Å². The second-order valence-corrected chi connectivity index (χ2v) is 5.45. The fourth-order valence-corrected chi connectivity index (χ4v) is 2.61. The first kappa shape index (κ1) is 13.5. The summed E-state index contributed by atoms with van der Waals surface area (Å²) in [5.74, 6) is 0.861. The monoisotopic (exact) mass is 281 g/mol. The van der Waals surface area contributed by atoms with Crippen molar-refractivity contribution < 1.29 is 0 Å². The summed E-state index contributed by atoms with van der Waals surface area (Å²) in [6.45, 7) is 6.22. The van der Waals surface area contributed by atoms with Crippen LogP contribution in [0.4, 0.5) is 5.82 Å². The van der Waals surface area contributed by atoms with Crippen LogP contribution in [0.5, 0.6) is 0 Å². The molecule has 2 heterocycles. The quantitative estimate of drug-likeness (QED) is 0.801. The molecule has 21 heavy (non-hydrogen) atoms. The van der Waals surface area contributed by atoms with E-state index >= 15 is 0 Å². The van der Waals surface area contributed by atoms with Crippen LogP contribution in [0.1, 0.15) is 29.8 Å². The van der Waals surface area contributed by atoms with Crippen molar-refractivity contribution in [2.75, 3.05) is 5.32 Å². The largest absolute Gasteiger partial charge is 0.363 e. The van der Waals surface area contributed by atoms with Crippen molar-refractivity contribution in [1.29, 1.82) is 0 Å². The third-order valence-electron chi connectivity index (χ3n) is 3.66. The van der Waals surface area contributed by atoms with Crippen molar-refractivity contribution >= 4 is 16.7 Å². The van der Waals surface area contributed by atoms with E-state index < -0.39 is 0 Å². The Hall–Kier alpha value is -2.43. The molecule has 5 heteroatoms. The van der Waals surface area contributed by atoms with Crippen molar-refractivity contribution in [3.05, 3.63) is 47.5 Å². The first-order valence-electron chi connectivity index (χ1n) is 7.02. The number of anilines is 1. The molecule has 3 aromatic rings. The fraction of sp³-hybridized carbons (Fsp3) is 0.312. The first-order chi connectivity index (χ1) is 10.0. The normalized spacial score (nSPS) is 12.6. The molecule has 0 saturated heterocycles. The SMILES string of the molecule is Cc1ccc2ncnc(NC(C)c3cn(C)nc3C)c2c1. The number of rotatable bonds is 3. The van der Waals surface area contributed by atoms with Gasteiger partial charge in [-0.15, -0.1) is 0 Å². The molecular formula is C16H19N5. The maximum atomic E-state index is 4.40. The minimum absolute atomic E-state index is 0.136. The van der Waals surface area contributed by atoms with Gasteiger partial charge in [0, 0.05) is 24.2 Å². The van der Waals surface area contributed by atoms with Gasteiger partial charge < -0.3 is 5.32 Å². The van der Waals surface area contributed by atoms with E-state index in [1.807, 2.05) is 30.9 Å².